The van der Waals surface area contributed by atoms with Crippen LogP contribution in [-0.4, -0.2) is 44.4 Å². The van der Waals surface area contributed by atoms with Gasteiger partial charge < -0.3 is 20.0 Å². The average Bonchev–Trinajstić information content (AvgIpc) is 2.14. The molecule has 0 aromatic heterocycles. The minimum absolute atomic E-state index is 0.174. The third-order valence-corrected chi connectivity index (χ3v) is 2.28. The van der Waals surface area contributed by atoms with Crippen molar-refractivity contribution in [2.75, 3.05) is 0 Å². The van der Waals surface area contributed by atoms with Crippen LogP contribution in [0, 0.1) is 0 Å². The van der Waals surface area contributed by atoms with E-state index in [2.05, 4.69) is 11.5 Å². The van der Waals surface area contributed by atoms with Crippen molar-refractivity contribution in [3.8, 4) is 0 Å². The van der Waals surface area contributed by atoms with Crippen molar-refractivity contribution in [1.29, 1.82) is 0 Å². The zero-order chi connectivity index (χ0) is 13.6. The number of rotatable bonds is 8. The Bertz CT molecular complexity index is 281. The van der Waals surface area contributed by atoms with Crippen molar-refractivity contribution in [3.05, 3.63) is 12.5 Å². The van der Waals surface area contributed by atoms with Gasteiger partial charge in [-0.1, -0.05) is 0 Å². The van der Waals surface area contributed by atoms with E-state index < -0.39 is 24.0 Å². The molecule has 0 saturated heterocycles. The summed E-state index contributed by atoms with van der Waals surface area (Å²) < 4.78 is 0. The fraction of sp³-hybridized carbons (Fsp3) is 0.600. The molecule has 0 aliphatic heterocycles. The Morgan fingerprint density at radius 1 is 1.18 bits per heavy atom. The van der Waals surface area contributed by atoms with E-state index in [-0.39, 0.29) is 18.7 Å². The van der Waals surface area contributed by atoms with Crippen LogP contribution in [0.1, 0.15) is 26.7 Å². The largest absolute Gasteiger partial charge is 0.481 e. The van der Waals surface area contributed by atoms with Gasteiger partial charge in [0.25, 0.3) is 0 Å². The van der Waals surface area contributed by atoms with Gasteiger partial charge in [-0.3, -0.25) is 9.59 Å². The van der Waals surface area contributed by atoms with Gasteiger partial charge in [0.05, 0.1) is 12.8 Å². The lowest BCUT2D eigenvalue weighted by Gasteiger charge is -2.34. The molecule has 0 aromatic rings. The Hall–Kier alpha value is -1.76. The second-order valence-electron chi connectivity index (χ2n) is 3.79. The molecule has 0 saturated carbocycles. The normalized spacial score (nSPS) is 13.6. The molecule has 0 spiro atoms. The first-order valence-electron chi connectivity index (χ1n) is 5.01. The molecule has 0 bridgehead atoms. The minimum Gasteiger partial charge on any atom is -0.481 e. The fourth-order valence-electron chi connectivity index (χ4n) is 1.68. The second-order valence-corrected chi connectivity index (χ2v) is 3.79. The third kappa shape index (κ3) is 5.21. The highest BCUT2D eigenvalue weighted by molar-refractivity contribution is 5.68. The van der Waals surface area contributed by atoms with Crippen LogP contribution in [0.4, 0.5) is 0 Å². The predicted octanol–water partition coefficient (Wildman–Crippen LogP) is 0.976. The summed E-state index contributed by atoms with van der Waals surface area (Å²) in [4.78, 5) is 26.5. The molecule has 2 atom stereocenters. The van der Waals surface area contributed by atoms with Gasteiger partial charge in [0.2, 0.25) is 5.88 Å². The maximum Gasteiger partial charge on any atom is 0.305 e. The van der Waals surface area contributed by atoms with Crippen molar-refractivity contribution in [2.24, 2.45) is 0 Å². The lowest BCUT2D eigenvalue weighted by atomic mass is 10.1. The molecule has 7 heteroatoms. The molecule has 3 N–H and O–H groups in total. The molecule has 0 aromatic carbocycles. The highest BCUT2D eigenvalue weighted by Gasteiger charge is 2.26. The molecular formula is C10H17NO6. The minimum atomic E-state index is -1.03. The summed E-state index contributed by atoms with van der Waals surface area (Å²) in [5.74, 6) is -2.24. The van der Waals surface area contributed by atoms with E-state index in [4.69, 9.17) is 15.5 Å². The lowest BCUT2D eigenvalue weighted by Crippen LogP contribution is -2.41. The average molecular weight is 247 g/mol. The summed E-state index contributed by atoms with van der Waals surface area (Å²) in [6.45, 7) is 6.56. The number of aliphatic carboxylic acids is 2. The lowest BCUT2D eigenvalue weighted by molar-refractivity contribution is -0.230. The van der Waals surface area contributed by atoms with E-state index in [0.29, 0.717) is 0 Å². The summed E-state index contributed by atoms with van der Waals surface area (Å²) in [6.07, 6.45) is -0.432. The standard InChI is InChI=1S/C10H17NO6/c1-6(4-9(12)13)11(8(3)17-16)7(2)5-10(14)15/h6-7,16H,3-5H2,1-2H3,(H,12,13)(H,14,15). The van der Waals surface area contributed by atoms with Gasteiger partial charge in [0.1, 0.15) is 0 Å². The molecule has 0 amide bonds. The summed E-state index contributed by atoms with van der Waals surface area (Å²) in [5, 5.41) is 25.9. The topological polar surface area (TPSA) is 107 Å². The highest BCUT2D eigenvalue weighted by atomic mass is 17.1. The van der Waals surface area contributed by atoms with Gasteiger partial charge in [-0.15, -0.1) is 0 Å². The molecule has 0 heterocycles. The Labute approximate surface area is 98.8 Å². The zero-order valence-electron chi connectivity index (χ0n) is 9.79. The SMILES string of the molecule is C=C(OO)N(C(C)CC(=O)O)C(C)CC(=O)O. The molecule has 0 rings (SSSR count). The zero-order valence-corrected chi connectivity index (χ0v) is 9.79. The first-order valence-corrected chi connectivity index (χ1v) is 5.01. The molecule has 98 valence electrons. The third-order valence-electron chi connectivity index (χ3n) is 2.28. The van der Waals surface area contributed by atoms with Crippen LogP contribution >= 0.6 is 0 Å². The summed E-state index contributed by atoms with van der Waals surface area (Å²) in [5.41, 5.74) is 0. The molecule has 17 heavy (non-hydrogen) atoms. The molecule has 0 fully saturated rings. The van der Waals surface area contributed by atoms with E-state index in [1.807, 2.05) is 0 Å². The maximum absolute atomic E-state index is 10.6. The van der Waals surface area contributed by atoms with Gasteiger partial charge >= 0.3 is 11.9 Å². The first kappa shape index (κ1) is 15.2. The summed E-state index contributed by atoms with van der Waals surface area (Å²) in [7, 11) is 0. The Morgan fingerprint density at radius 3 is 1.76 bits per heavy atom. The molecule has 0 radical (unpaired) electrons. The van der Waals surface area contributed by atoms with E-state index in [0.717, 1.165) is 0 Å². The molecule has 0 aliphatic carbocycles. The van der Waals surface area contributed by atoms with Crippen LogP contribution in [0.5, 0.6) is 0 Å². The van der Waals surface area contributed by atoms with Gasteiger partial charge in [0.15, 0.2) is 0 Å². The number of carbonyl (C=O) groups is 2. The molecular weight excluding hydrogens is 230 g/mol. The van der Waals surface area contributed by atoms with Gasteiger partial charge in [-0.05, 0) is 20.4 Å². The number of carboxylic acids is 2. The number of hydrogen-bond acceptors (Lipinski definition) is 5. The molecule has 2 unspecified atom stereocenters. The van der Waals surface area contributed by atoms with Crippen molar-refractivity contribution in [2.45, 2.75) is 38.8 Å². The Morgan fingerprint density at radius 2 is 1.53 bits per heavy atom. The van der Waals surface area contributed by atoms with Gasteiger partial charge in [0, 0.05) is 12.1 Å². The van der Waals surface area contributed by atoms with Crippen molar-refractivity contribution < 1.29 is 29.9 Å². The van der Waals surface area contributed by atoms with Crippen LogP contribution in [0.2, 0.25) is 0 Å². The highest BCUT2D eigenvalue weighted by Crippen LogP contribution is 2.18. The van der Waals surface area contributed by atoms with Crippen molar-refractivity contribution >= 4 is 11.9 Å². The van der Waals surface area contributed by atoms with Gasteiger partial charge in [-0.25, -0.2) is 5.26 Å². The number of hydrogen-bond donors (Lipinski definition) is 3. The van der Waals surface area contributed by atoms with Crippen molar-refractivity contribution in [3.63, 3.8) is 0 Å². The smallest absolute Gasteiger partial charge is 0.305 e. The van der Waals surface area contributed by atoms with Crippen LogP contribution in [0.3, 0.4) is 0 Å². The number of nitrogens with zero attached hydrogens (tertiary/aromatic N) is 1. The first-order chi connectivity index (χ1) is 7.79. The molecule has 0 aliphatic rings. The van der Waals surface area contributed by atoms with E-state index in [9.17, 15) is 9.59 Å². The predicted molar refractivity (Wildman–Crippen MR) is 58.1 cm³/mol. The van der Waals surface area contributed by atoms with Gasteiger partial charge in [-0.2, -0.15) is 0 Å². The van der Waals surface area contributed by atoms with Crippen LogP contribution in [0.15, 0.2) is 12.5 Å². The van der Waals surface area contributed by atoms with Crippen LogP contribution in [0.25, 0.3) is 0 Å². The second kappa shape index (κ2) is 6.74. The maximum atomic E-state index is 10.6. The van der Waals surface area contributed by atoms with Crippen LogP contribution in [-0.2, 0) is 14.5 Å². The van der Waals surface area contributed by atoms with E-state index >= 15 is 0 Å². The quantitative estimate of drug-likeness (QED) is 0.333. The summed E-state index contributed by atoms with van der Waals surface area (Å²) >= 11 is 0. The number of carboxylic acid groups (broad SMARTS) is 2. The van der Waals surface area contributed by atoms with Crippen LogP contribution < -0.4 is 0 Å². The monoisotopic (exact) mass is 247 g/mol. The van der Waals surface area contributed by atoms with E-state index in [1.165, 1.54) is 4.90 Å². The van der Waals surface area contributed by atoms with Crippen molar-refractivity contribution in [1.82, 2.24) is 4.90 Å². The Balaban J connectivity index is 4.79. The molecule has 7 nitrogen and oxygen atoms in total. The Kier molecular flexibility index (Phi) is 6.05. The fourth-order valence-corrected chi connectivity index (χ4v) is 1.68. The van der Waals surface area contributed by atoms with E-state index in [1.54, 1.807) is 13.8 Å². The summed E-state index contributed by atoms with van der Waals surface area (Å²) in [6, 6.07) is -1.08.